The number of rotatable bonds is 3. The fourth-order valence-electron chi connectivity index (χ4n) is 3.62. The van der Waals surface area contributed by atoms with E-state index in [9.17, 15) is 4.79 Å². The van der Waals surface area contributed by atoms with Crippen molar-refractivity contribution >= 4 is 5.91 Å². The molecule has 3 aromatic heterocycles. The van der Waals surface area contributed by atoms with E-state index in [1.165, 1.54) is 0 Å². The van der Waals surface area contributed by atoms with Gasteiger partial charge in [0.1, 0.15) is 5.82 Å². The molecular formula is C20H21N5O. The van der Waals surface area contributed by atoms with Crippen LogP contribution in [0, 0.1) is 6.92 Å². The lowest BCUT2D eigenvalue weighted by molar-refractivity contribution is 0.0694. The van der Waals surface area contributed by atoms with Crippen LogP contribution in [0.1, 0.15) is 34.9 Å². The van der Waals surface area contributed by atoms with E-state index in [0.717, 1.165) is 43.0 Å². The first-order chi connectivity index (χ1) is 12.7. The molecule has 0 saturated carbocycles. The van der Waals surface area contributed by atoms with Crippen LogP contribution >= 0.6 is 0 Å². The highest BCUT2D eigenvalue weighted by Crippen LogP contribution is 2.30. The van der Waals surface area contributed by atoms with Gasteiger partial charge in [0.25, 0.3) is 5.91 Å². The third-order valence-electron chi connectivity index (χ3n) is 4.95. The zero-order valence-corrected chi connectivity index (χ0v) is 14.7. The molecule has 4 rings (SSSR count). The molecule has 26 heavy (non-hydrogen) atoms. The number of carbonyl (C=O) groups excluding carboxylic acids is 1. The van der Waals surface area contributed by atoms with Crippen molar-refractivity contribution < 1.29 is 4.79 Å². The van der Waals surface area contributed by atoms with Crippen LogP contribution in [0.5, 0.6) is 0 Å². The van der Waals surface area contributed by atoms with Crippen molar-refractivity contribution in [2.24, 2.45) is 0 Å². The Labute approximate surface area is 152 Å². The quantitative estimate of drug-likeness (QED) is 0.730. The largest absolute Gasteiger partial charge is 0.338 e. The summed E-state index contributed by atoms with van der Waals surface area (Å²) in [6.07, 6.45) is 10.7. The number of aryl methyl sites for hydroxylation is 1. The second-order valence-corrected chi connectivity index (χ2v) is 6.59. The molecule has 1 aliphatic heterocycles. The highest BCUT2D eigenvalue weighted by Gasteiger charge is 2.27. The highest BCUT2D eigenvalue weighted by molar-refractivity contribution is 5.93. The summed E-state index contributed by atoms with van der Waals surface area (Å²) in [5, 5.41) is 0. The summed E-state index contributed by atoms with van der Waals surface area (Å²) in [7, 11) is 0. The van der Waals surface area contributed by atoms with Crippen LogP contribution < -0.4 is 0 Å². The van der Waals surface area contributed by atoms with E-state index in [1.54, 1.807) is 30.9 Å². The second kappa shape index (κ2) is 7.07. The maximum Gasteiger partial charge on any atom is 0.255 e. The number of piperidine rings is 1. The Hall–Kier alpha value is -3.02. The van der Waals surface area contributed by atoms with Gasteiger partial charge in [0.05, 0.1) is 5.56 Å². The summed E-state index contributed by atoms with van der Waals surface area (Å²) in [6.45, 7) is 3.57. The van der Waals surface area contributed by atoms with Crippen LogP contribution in [0.25, 0.3) is 11.4 Å². The zero-order chi connectivity index (χ0) is 17.9. The van der Waals surface area contributed by atoms with Crippen molar-refractivity contribution in [3.8, 4) is 11.4 Å². The summed E-state index contributed by atoms with van der Waals surface area (Å²) in [5.41, 5.74) is 2.87. The number of nitrogens with zero attached hydrogens (tertiary/aromatic N) is 5. The van der Waals surface area contributed by atoms with Gasteiger partial charge < -0.3 is 9.47 Å². The number of aromatic nitrogens is 4. The molecule has 6 heteroatoms. The molecule has 0 radical (unpaired) electrons. The summed E-state index contributed by atoms with van der Waals surface area (Å²) in [4.78, 5) is 27.3. The van der Waals surface area contributed by atoms with Crippen LogP contribution in [-0.4, -0.2) is 43.4 Å². The molecule has 0 spiro atoms. The third kappa shape index (κ3) is 3.10. The first-order valence-corrected chi connectivity index (χ1v) is 8.87. The summed E-state index contributed by atoms with van der Waals surface area (Å²) in [6, 6.07) is 7.94. The van der Waals surface area contributed by atoms with Crippen LogP contribution in [0.2, 0.25) is 0 Å². The van der Waals surface area contributed by atoms with E-state index in [4.69, 9.17) is 0 Å². The summed E-state index contributed by atoms with van der Waals surface area (Å²) < 4.78 is 2.31. The van der Waals surface area contributed by atoms with Gasteiger partial charge in [-0.3, -0.25) is 14.8 Å². The van der Waals surface area contributed by atoms with Crippen molar-refractivity contribution in [3.63, 3.8) is 0 Å². The molecule has 1 amide bonds. The van der Waals surface area contributed by atoms with Crippen LogP contribution in [-0.2, 0) is 0 Å². The molecule has 132 valence electrons. The number of imidazole rings is 1. The molecule has 0 unspecified atom stereocenters. The van der Waals surface area contributed by atoms with E-state index in [1.807, 2.05) is 29.3 Å². The first kappa shape index (κ1) is 16.4. The highest BCUT2D eigenvalue weighted by atomic mass is 16.2. The fourth-order valence-corrected chi connectivity index (χ4v) is 3.62. The lowest BCUT2D eigenvalue weighted by Gasteiger charge is -2.34. The number of carbonyl (C=O) groups is 1. The van der Waals surface area contributed by atoms with Gasteiger partial charge in [-0.2, -0.15) is 0 Å². The standard InChI is InChI=1S/C20H21N5O/c1-15-13-23-19(16-4-9-21-10-5-16)25(15)18-6-11-24(12-7-18)20(26)17-3-2-8-22-14-17/h2-5,8-10,13-14,18H,6-7,11-12H2,1H3. The minimum Gasteiger partial charge on any atom is -0.338 e. The number of pyridine rings is 2. The summed E-state index contributed by atoms with van der Waals surface area (Å²) >= 11 is 0. The van der Waals surface area contributed by atoms with Gasteiger partial charge in [-0.15, -0.1) is 0 Å². The van der Waals surface area contributed by atoms with Gasteiger partial charge in [-0.1, -0.05) is 0 Å². The predicted octanol–water partition coefficient (Wildman–Crippen LogP) is 3.13. The normalized spacial score (nSPS) is 15.2. The van der Waals surface area contributed by atoms with E-state index < -0.39 is 0 Å². The lowest BCUT2D eigenvalue weighted by Crippen LogP contribution is -2.39. The Morgan fingerprint density at radius 2 is 1.81 bits per heavy atom. The molecule has 0 bridgehead atoms. The maximum absolute atomic E-state index is 12.6. The Morgan fingerprint density at radius 1 is 1.04 bits per heavy atom. The van der Waals surface area contributed by atoms with Crippen LogP contribution in [0.4, 0.5) is 0 Å². The van der Waals surface area contributed by atoms with Crippen LogP contribution in [0.3, 0.4) is 0 Å². The van der Waals surface area contributed by atoms with E-state index in [0.29, 0.717) is 11.6 Å². The summed E-state index contributed by atoms with van der Waals surface area (Å²) in [5.74, 6) is 1.04. The SMILES string of the molecule is Cc1cnc(-c2ccncc2)n1C1CCN(C(=O)c2cccnc2)CC1. The Kier molecular flexibility index (Phi) is 4.48. The number of likely N-dealkylation sites (tertiary alicyclic amines) is 1. The average molecular weight is 347 g/mol. The fraction of sp³-hybridized carbons (Fsp3) is 0.300. The van der Waals surface area contributed by atoms with Gasteiger partial charge >= 0.3 is 0 Å². The van der Waals surface area contributed by atoms with Gasteiger partial charge in [-0.05, 0) is 44.0 Å². The molecule has 4 heterocycles. The zero-order valence-electron chi connectivity index (χ0n) is 14.7. The molecule has 6 nitrogen and oxygen atoms in total. The molecule has 0 aliphatic carbocycles. The smallest absolute Gasteiger partial charge is 0.255 e. The number of hydrogen-bond acceptors (Lipinski definition) is 4. The molecule has 0 aromatic carbocycles. The Balaban J connectivity index is 1.51. The van der Waals surface area contributed by atoms with E-state index >= 15 is 0 Å². The second-order valence-electron chi connectivity index (χ2n) is 6.59. The van der Waals surface area contributed by atoms with Crippen LogP contribution in [0.15, 0.2) is 55.2 Å². The minimum atomic E-state index is 0.0632. The number of amides is 1. The molecule has 1 saturated heterocycles. The lowest BCUT2D eigenvalue weighted by atomic mass is 10.0. The molecule has 3 aromatic rings. The predicted molar refractivity (Wildman–Crippen MR) is 98.6 cm³/mol. The van der Waals surface area contributed by atoms with Crippen molar-refractivity contribution in [1.29, 1.82) is 0 Å². The van der Waals surface area contributed by atoms with Gasteiger partial charge in [0, 0.05) is 61.4 Å². The van der Waals surface area contributed by atoms with Crippen molar-refractivity contribution in [3.05, 3.63) is 66.5 Å². The van der Waals surface area contributed by atoms with E-state index in [2.05, 4.69) is 26.4 Å². The molecule has 1 fully saturated rings. The molecule has 0 N–H and O–H groups in total. The van der Waals surface area contributed by atoms with Gasteiger partial charge in [-0.25, -0.2) is 4.98 Å². The maximum atomic E-state index is 12.6. The topological polar surface area (TPSA) is 63.9 Å². The van der Waals surface area contributed by atoms with Crippen molar-refractivity contribution in [2.45, 2.75) is 25.8 Å². The van der Waals surface area contributed by atoms with Crippen molar-refractivity contribution in [1.82, 2.24) is 24.4 Å². The van der Waals surface area contributed by atoms with Gasteiger partial charge in [0.15, 0.2) is 0 Å². The van der Waals surface area contributed by atoms with Gasteiger partial charge in [0.2, 0.25) is 0 Å². The monoisotopic (exact) mass is 347 g/mol. The third-order valence-corrected chi connectivity index (χ3v) is 4.95. The van der Waals surface area contributed by atoms with E-state index in [-0.39, 0.29) is 5.91 Å². The number of hydrogen-bond donors (Lipinski definition) is 0. The molecule has 0 atom stereocenters. The Bertz CT molecular complexity index is 883. The Morgan fingerprint density at radius 3 is 2.50 bits per heavy atom. The van der Waals surface area contributed by atoms with Crippen molar-refractivity contribution in [2.75, 3.05) is 13.1 Å². The molecular weight excluding hydrogens is 326 g/mol. The molecule has 1 aliphatic rings. The first-order valence-electron chi connectivity index (χ1n) is 8.87. The average Bonchev–Trinajstić information content (AvgIpc) is 3.10. The minimum absolute atomic E-state index is 0.0632.